The molecule has 3 fully saturated rings. The highest BCUT2D eigenvalue weighted by molar-refractivity contribution is 5.18. The molecule has 1 N–H and O–H groups in total. The number of fused-ring (bicyclic) bond motifs is 5. The summed E-state index contributed by atoms with van der Waals surface area (Å²) in [4.78, 5) is 0. The second-order valence-corrected chi connectivity index (χ2v) is 5.80. The van der Waals surface area contributed by atoms with Crippen LogP contribution in [-0.4, -0.2) is 11.2 Å². The topological polar surface area (TPSA) is 20.2 Å². The Morgan fingerprint density at radius 1 is 1.21 bits per heavy atom. The van der Waals surface area contributed by atoms with Crippen LogP contribution in [0, 0.1) is 29.6 Å². The molecule has 0 saturated heterocycles. The third kappa shape index (κ3) is 1.11. The number of aliphatic hydroxyl groups is 1. The zero-order chi connectivity index (χ0) is 9.87. The molecule has 1 nitrogen and oxygen atoms in total. The summed E-state index contributed by atoms with van der Waals surface area (Å²) < 4.78 is 0. The highest BCUT2D eigenvalue weighted by atomic mass is 16.3. The Morgan fingerprint density at radius 3 is 2.29 bits per heavy atom. The van der Waals surface area contributed by atoms with Crippen LogP contribution in [0.25, 0.3) is 0 Å². The molecule has 0 aromatic heterocycles. The minimum Gasteiger partial charge on any atom is -0.389 e. The Labute approximate surface area is 86.2 Å². The molecule has 0 aromatic carbocycles. The molecule has 5 unspecified atom stereocenters. The Morgan fingerprint density at radius 2 is 1.79 bits per heavy atom. The van der Waals surface area contributed by atoms with E-state index in [0.29, 0.717) is 5.92 Å². The van der Waals surface area contributed by atoms with Gasteiger partial charge in [0.05, 0.1) is 6.10 Å². The fourth-order valence-electron chi connectivity index (χ4n) is 4.30. The van der Waals surface area contributed by atoms with Crippen LogP contribution < -0.4 is 0 Å². The quantitative estimate of drug-likeness (QED) is 0.667. The number of aliphatic hydroxyl groups excluding tert-OH is 1. The van der Waals surface area contributed by atoms with Gasteiger partial charge in [-0.3, -0.25) is 0 Å². The van der Waals surface area contributed by atoms with Crippen molar-refractivity contribution >= 4 is 0 Å². The number of hydrogen-bond acceptors (Lipinski definition) is 1. The van der Waals surface area contributed by atoms with Gasteiger partial charge in [0.2, 0.25) is 0 Å². The maximum Gasteiger partial charge on any atom is 0.0757 e. The van der Waals surface area contributed by atoms with Gasteiger partial charge in [0, 0.05) is 0 Å². The lowest BCUT2D eigenvalue weighted by molar-refractivity contribution is 0.172. The highest BCUT2D eigenvalue weighted by Crippen LogP contribution is 2.70. The fraction of sp³-hybridized carbons (Fsp3) is 0.846. The first-order valence-corrected chi connectivity index (χ1v) is 6.01. The van der Waals surface area contributed by atoms with Crippen molar-refractivity contribution in [1.29, 1.82) is 0 Å². The summed E-state index contributed by atoms with van der Waals surface area (Å²) in [6, 6.07) is 0. The molecule has 2 bridgehead atoms. The molecule has 3 aliphatic rings. The van der Waals surface area contributed by atoms with Crippen LogP contribution in [-0.2, 0) is 0 Å². The first-order valence-electron chi connectivity index (χ1n) is 6.01. The molecule has 0 amide bonds. The molecule has 0 radical (unpaired) electrons. The number of allylic oxidation sites excluding steroid dienone is 1. The van der Waals surface area contributed by atoms with Crippen LogP contribution >= 0.6 is 0 Å². The highest BCUT2D eigenvalue weighted by Gasteiger charge is 2.66. The lowest BCUT2D eigenvalue weighted by Gasteiger charge is -2.12. The van der Waals surface area contributed by atoms with Gasteiger partial charge < -0.3 is 5.11 Å². The van der Waals surface area contributed by atoms with Crippen LogP contribution in [0.4, 0.5) is 0 Å². The summed E-state index contributed by atoms with van der Waals surface area (Å²) in [6.07, 6.45) is 6.29. The zero-order valence-electron chi connectivity index (χ0n) is 9.11. The maximum absolute atomic E-state index is 10.1. The summed E-state index contributed by atoms with van der Waals surface area (Å²) in [5.41, 5.74) is 1.26. The second-order valence-electron chi connectivity index (χ2n) is 5.80. The van der Waals surface area contributed by atoms with Gasteiger partial charge in [-0.25, -0.2) is 0 Å². The molecule has 78 valence electrons. The minimum absolute atomic E-state index is 0.140. The van der Waals surface area contributed by atoms with E-state index in [9.17, 15) is 5.11 Å². The molecule has 14 heavy (non-hydrogen) atoms. The van der Waals surface area contributed by atoms with Gasteiger partial charge in [0.15, 0.2) is 0 Å². The van der Waals surface area contributed by atoms with Crippen LogP contribution in [0.3, 0.4) is 0 Å². The van der Waals surface area contributed by atoms with Crippen molar-refractivity contribution in [3.63, 3.8) is 0 Å². The minimum atomic E-state index is -0.140. The first-order chi connectivity index (χ1) is 6.68. The Balaban J connectivity index is 1.71. The van der Waals surface area contributed by atoms with Gasteiger partial charge in [-0.15, -0.1) is 0 Å². The van der Waals surface area contributed by atoms with Crippen molar-refractivity contribution in [2.75, 3.05) is 0 Å². The molecule has 5 atom stereocenters. The molecular formula is C13H20O. The first kappa shape index (κ1) is 8.96. The number of hydrogen-bond donors (Lipinski definition) is 1. The molecule has 0 aliphatic heterocycles. The van der Waals surface area contributed by atoms with E-state index in [0.717, 1.165) is 23.7 Å². The Hall–Kier alpha value is -0.300. The summed E-state index contributed by atoms with van der Waals surface area (Å²) in [7, 11) is 0. The van der Waals surface area contributed by atoms with Crippen molar-refractivity contribution in [3.05, 3.63) is 11.6 Å². The van der Waals surface area contributed by atoms with E-state index >= 15 is 0 Å². The predicted molar refractivity (Wildman–Crippen MR) is 56.7 cm³/mol. The maximum atomic E-state index is 10.1. The van der Waals surface area contributed by atoms with E-state index in [1.807, 2.05) is 0 Å². The van der Waals surface area contributed by atoms with Crippen LogP contribution in [0.1, 0.15) is 33.1 Å². The van der Waals surface area contributed by atoms with Gasteiger partial charge >= 0.3 is 0 Å². The van der Waals surface area contributed by atoms with Gasteiger partial charge in [0.25, 0.3) is 0 Å². The normalized spacial score (nSPS) is 50.1. The third-order valence-electron chi connectivity index (χ3n) is 4.69. The zero-order valence-corrected chi connectivity index (χ0v) is 9.11. The van der Waals surface area contributed by atoms with Gasteiger partial charge in [0.1, 0.15) is 0 Å². The summed E-state index contributed by atoms with van der Waals surface area (Å²) in [5, 5.41) is 10.1. The molecule has 3 aliphatic carbocycles. The number of rotatable bonds is 2. The molecule has 3 rings (SSSR count). The SMILES string of the molecule is CC(C)=CC(O)C1C2C3CCC(C3)C12. The largest absolute Gasteiger partial charge is 0.389 e. The van der Waals surface area contributed by atoms with E-state index in [-0.39, 0.29) is 6.10 Å². The molecule has 1 heteroatoms. The summed E-state index contributed by atoms with van der Waals surface area (Å²) in [5.74, 6) is 4.40. The summed E-state index contributed by atoms with van der Waals surface area (Å²) in [6.45, 7) is 4.16. The van der Waals surface area contributed by atoms with E-state index in [4.69, 9.17) is 0 Å². The average molecular weight is 192 g/mol. The lowest BCUT2D eigenvalue weighted by Crippen LogP contribution is -2.13. The van der Waals surface area contributed by atoms with Crippen LogP contribution in [0.5, 0.6) is 0 Å². The van der Waals surface area contributed by atoms with E-state index in [2.05, 4.69) is 19.9 Å². The molecule has 0 spiro atoms. The van der Waals surface area contributed by atoms with E-state index < -0.39 is 0 Å². The van der Waals surface area contributed by atoms with Crippen molar-refractivity contribution in [2.24, 2.45) is 29.6 Å². The van der Waals surface area contributed by atoms with Gasteiger partial charge in [-0.1, -0.05) is 11.6 Å². The summed E-state index contributed by atoms with van der Waals surface area (Å²) >= 11 is 0. The van der Waals surface area contributed by atoms with Crippen LogP contribution in [0.15, 0.2) is 11.6 Å². The monoisotopic (exact) mass is 192 g/mol. The standard InChI is InChI=1S/C13H20O/c1-7(2)5-10(14)13-11-8-3-4-9(6-8)12(11)13/h5,8-14H,3-4,6H2,1-2H3. The lowest BCUT2D eigenvalue weighted by atomic mass is 9.98. The van der Waals surface area contributed by atoms with Crippen molar-refractivity contribution in [3.8, 4) is 0 Å². The average Bonchev–Trinajstić information content (AvgIpc) is 2.56. The van der Waals surface area contributed by atoms with Crippen molar-refractivity contribution in [2.45, 2.75) is 39.2 Å². The Kier molecular flexibility index (Phi) is 1.82. The van der Waals surface area contributed by atoms with Gasteiger partial charge in [-0.05, 0) is 62.7 Å². The molecule has 3 saturated carbocycles. The molecule has 0 aromatic rings. The van der Waals surface area contributed by atoms with Crippen LogP contribution in [0.2, 0.25) is 0 Å². The second kappa shape index (κ2) is 2.85. The predicted octanol–water partition coefficient (Wildman–Crippen LogP) is 2.61. The smallest absolute Gasteiger partial charge is 0.0757 e. The van der Waals surface area contributed by atoms with E-state index in [1.54, 1.807) is 0 Å². The van der Waals surface area contributed by atoms with Gasteiger partial charge in [-0.2, -0.15) is 0 Å². The van der Waals surface area contributed by atoms with E-state index in [1.165, 1.54) is 24.8 Å². The third-order valence-corrected chi connectivity index (χ3v) is 4.69. The molecule has 0 heterocycles. The van der Waals surface area contributed by atoms with Crippen molar-refractivity contribution in [1.82, 2.24) is 0 Å². The fourth-order valence-corrected chi connectivity index (χ4v) is 4.30. The van der Waals surface area contributed by atoms with Crippen molar-refractivity contribution < 1.29 is 5.11 Å². The Bertz CT molecular complexity index is 261. The molecular weight excluding hydrogens is 172 g/mol.